The van der Waals surface area contributed by atoms with Crippen LogP contribution in [0.4, 0.5) is 14.6 Å². The van der Waals surface area contributed by atoms with Crippen molar-refractivity contribution in [1.82, 2.24) is 19.4 Å². The molecule has 0 aromatic carbocycles. The Bertz CT molecular complexity index is 865. The topological polar surface area (TPSA) is 107 Å². The van der Waals surface area contributed by atoms with Gasteiger partial charge in [0.1, 0.15) is 18.0 Å². The number of hydrogen-bond acceptors (Lipinski definition) is 7. The molecule has 0 aliphatic carbocycles. The summed E-state index contributed by atoms with van der Waals surface area (Å²) < 4.78 is 35.1. The van der Waals surface area contributed by atoms with Gasteiger partial charge in [-0.3, -0.25) is 14.5 Å². The largest absolute Gasteiger partial charge is 0.384 e. The number of aliphatic hydroxyl groups is 1. The van der Waals surface area contributed by atoms with Crippen LogP contribution in [0.1, 0.15) is 17.4 Å². The SMILES string of the molecule is Nc1ccn([C@@H]2O[C@H](CN3Cc4ccncc4C3)[C@@H](O)C2(F)F)c(=O)n1. The molecule has 0 saturated carbocycles. The van der Waals surface area contributed by atoms with Crippen LogP contribution >= 0.6 is 0 Å². The summed E-state index contributed by atoms with van der Waals surface area (Å²) in [4.78, 5) is 21.3. The lowest BCUT2D eigenvalue weighted by molar-refractivity contribution is -0.140. The summed E-state index contributed by atoms with van der Waals surface area (Å²) in [5.74, 6) is -3.71. The predicted molar refractivity (Wildman–Crippen MR) is 86.1 cm³/mol. The maximum atomic E-state index is 14.5. The average Bonchev–Trinajstić information content (AvgIpc) is 3.09. The van der Waals surface area contributed by atoms with Gasteiger partial charge in [0.25, 0.3) is 0 Å². The van der Waals surface area contributed by atoms with Gasteiger partial charge in [0, 0.05) is 38.2 Å². The van der Waals surface area contributed by atoms with Crippen molar-refractivity contribution >= 4 is 5.82 Å². The molecule has 0 radical (unpaired) electrons. The number of aliphatic hydroxyl groups excluding tert-OH is 1. The summed E-state index contributed by atoms with van der Waals surface area (Å²) in [6.07, 6.45) is -0.627. The number of nitrogens with two attached hydrogens (primary N) is 1. The molecule has 2 aromatic rings. The summed E-state index contributed by atoms with van der Waals surface area (Å²) in [6.45, 7) is 1.19. The first-order valence-electron chi connectivity index (χ1n) is 8.06. The molecule has 10 heteroatoms. The minimum atomic E-state index is -3.64. The lowest BCUT2D eigenvalue weighted by Gasteiger charge is -2.22. The third kappa shape index (κ3) is 2.75. The van der Waals surface area contributed by atoms with Gasteiger partial charge in [0.15, 0.2) is 0 Å². The minimum Gasteiger partial charge on any atom is -0.384 e. The van der Waals surface area contributed by atoms with Crippen LogP contribution in [-0.4, -0.2) is 49.2 Å². The van der Waals surface area contributed by atoms with Gasteiger partial charge in [0.2, 0.25) is 6.23 Å². The number of hydrogen-bond donors (Lipinski definition) is 2. The van der Waals surface area contributed by atoms with Crippen LogP contribution in [0.3, 0.4) is 0 Å². The van der Waals surface area contributed by atoms with Crippen LogP contribution in [0.15, 0.2) is 35.5 Å². The fraction of sp³-hybridized carbons (Fsp3) is 0.438. The number of pyridine rings is 1. The summed E-state index contributed by atoms with van der Waals surface area (Å²) >= 11 is 0. The van der Waals surface area contributed by atoms with Crippen molar-refractivity contribution in [1.29, 1.82) is 0 Å². The van der Waals surface area contributed by atoms with E-state index in [1.54, 1.807) is 12.4 Å². The second-order valence-electron chi connectivity index (χ2n) is 6.50. The number of halogens is 2. The lowest BCUT2D eigenvalue weighted by Crippen LogP contribution is -2.43. The third-order valence-corrected chi connectivity index (χ3v) is 4.71. The van der Waals surface area contributed by atoms with E-state index in [0.717, 1.165) is 17.3 Å². The zero-order chi connectivity index (χ0) is 18.5. The predicted octanol–water partition coefficient (Wildman–Crippen LogP) is 0.130. The van der Waals surface area contributed by atoms with E-state index in [1.165, 1.54) is 6.07 Å². The van der Waals surface area contributed by atoms with Gasteiger partial charge in [0.05, 0.1) is 0 Å². The maximum Gasteiger partial charge on any atom is 0.351 e. The average molecular weight is 365 g/mol. The van der Waals surface area contributed by atoms with Gasteiger partial charge in [-0.15, -0.1) is 0 Å². The fourth-order valence-corrected chi connectivity index (χ4v) is 3.40. The van der Waals surface area contributed by atoms with E-state index in [2.05, 4.69) is 9.97 Å². The molecule has 4 rings (SSSR count). The zero-order valence-corrected chi connectivity index (χ0v) is 13.6. The van der Waals surface area contributed by atoms with Crippen molar-refractivity contribution in [2.24, 2.45) is 0 Å². The monoisotopic (exact) mass is 365 g/mol. The second kappa shape index (κ2) is 6.08. The van der Waals surface area contributed by atoms with Gasteiger partial charge in [-0.05, 0) is 23.3 Å². The Morgan fingerprint density at radius 1 is 1.35 bits per heavy atom. The van der Waals surface area contributed by atoms with E-state index < -0.39 is 30.0 Å². The van der Waals surface area contributed by atoms with Crippen molar-refractivity contribution in [3.63, 3.8) is 0 Å². The Labute approximate surface area is 146 Å². The van der Waals surface area contributed by atoms with E-state index >= 15 is 0 Å². The molecule has 1 saturated heterocycles. The molecule has 0 amide bonds. The Balaban J connectivity index is 1.53. The molecule has 4 heterocycles. The Morgan fingerprint density at radius 3 is 2.85 bits per heavy atom. The van der Waals surface area contributed by atoms with Gasteiger partial charge in [-0.1, -0.05) is 0 Å². The number of nitrogens with zero attached hydrogens (tertiary/aromatic N) is 4. The molecule has 2 aromatic heterocycles. The van der Waals surface area contributed by atoms with Crippen molar-refractivity contribution in [2.75, 3.05) is 12.3 Å². The first kappa shape index (κ1) is 17.0. The summed E-state index contributed by atoms with van der Waals surface area (Å²) in [5, 5.41) is 10.1. The molecular weight excluding hydrogens is 348 g/mol. The molecule has 3 atom stereocenters. The Kier molecular flexibility index (Phi) is 3.98. The van der Waals surface area contributed by atoms with Crippen LogP contribution in [0, 0.1) is 0 Å². The molecule has 0 bridgehead atoms. The minimum absolute atomic E-state index is 0.0758. The van der Waals surface area contributed by atoms with E-state index in [-0.39, 0.29) is 12.4 Å². The van der Waals surface area contributed by atoms with Gasteiger partial charge in [-0.2, -0.15) is 13.8 Å². The van der Waals surface area contributed by atoms with Crippen molar-refractivity contribution in [2.45, 2.75) is 37.4 Å². The van der Waals surface area contributed by atoms with Crippen LogP contribution < -0.4 is 11.4 Å². The summed E-state index contributed by atoms with van der Waals surface area (Å²) in [6, 6.07) is 3.10. The number of nitrogen functional groups attached to an aromatic ring is 1. The summed E-state index contributed by atoms with van der Waals surface area (Å²) in [5.41, 5.74) is 6.51. The smallest absolute Gasteiger partial charge is 0.351 e. The van der Waals surface area contributed by atoms with Gasteiger partial charge < -0.3 is 15.6 Å². The second-order valence-corrected chi connectivity index (χ2v) is 6.50. The highest BCUT2D eigenvalue weighted by molar-refractivity contribution is 5.27. The van der Waals surface area contributed by atoms with Crippen LogP contribution in [0.5, 0.6) is 0 Å². The van der Waals surface area contributed by atoms with Crippen LogP contribution in [-0.2, 0) is 17.8 Å². The molecule has 2 aliphatic heterocycles. The highest BCUT2D eigenvalue weighted by Gasteiger charge is 2.59. The standard InChI is InChI=1S/C16H17F2N5O3/c17-16(18)13(24)11(8-22-6-9-1-3-20-5-10(9)7-22)26-14(16)23-4-2-12(19)21-15(23)25/h1-5,11,13-14,24H,6-8H2,(H2,19,21,25)/t11-,13-,14-/m1/s1. The lowest BCUT2D eigenvalue weighted by atomic mass is 10.1. The number of alkyl halides is 2. The number of rotatable bonds is 3. The number of fused-ring (bicyclic) bond motifs is 1. The fourth-order valence-electron chi connectivity index (χ4n) is 3.40. The third-order valence-electron chi connectivity index (χ3n) is 4.71. The van der Waals surface area contributed by atoms with Crippen molar-refractivity contribution in [3.8, 4) is 0 Å². The highest BCUT2D eigenvalue weighted by Crippen LogP contribution is 2.42. The maximum absolute atomic E-state index is 14.5. The quantitative estimate of drug-likeness (QED) is 0.796. The van der Waals surface area contributed by atoms with Crippen molar-refractivity contribution < 1.29 is 18.6 Å². The first-order chi connectivity index (χ1) is 12.4. The Morgan fingerprint density at radius 2 is 2.12 bits per heavy atom. The van der Waals surface area contributed by atoms with E-state index in [1.807, 2.05) is 11.0 Å². The number of aromatic nitrogens is 3. The number of ether oxygens (including phenoxy) is 1. The van der Waals surface area contributed by atoms with E-state index in [0.29, 0.717) is 17.7 Å². The molecule has 3 N–H and O–H groups in total. The van der Waals surface area contributed by atoms with Gasteiger partial charge >= 0.3 is 11.6 Å². The number of anilines is 1. The molecule has 0 unspecified atom stereocenters. The molecule has 1 fully saturated rings. The molecule has 2 aliphatic rings. The van der Waals surface area contributed by atoms with Gasteiger partial charge in [-0.25, -0.2) is 4.79 Å². The van der Waals surface area contributed by atoms with Crippen LogP contribution in [0.25, 0.3) is 0 Å². The first-order valence-corrected chi connectivity index (χ1v) is 8.06. The molecular formula is C16H17F2N5O3. The molecule has 0 spiro atoms. The molecule has 26 heavy (non-hydrogen) atoms. The summed E-state index contributed by atoms with van der Waals surface area (Å²) in [7, 11) is 0. The van der Waals surface area contributed by atoms with E-state index in [4.69, 9.17) is 10.5 Å². The van der Waals surface area contributed by atoms with Crippen molar-refractivity contribution in [3.05, 3.63) is 52.3 Å². The Hall–Kier alpha value is -2.43. The normalized spacial score (nSPS) is 27.6. The molecule has 138 valence electrons. The zero-order valence-electron chi connectivity index (χ0n) is 13.6. The molecule has 8 nitrogen and oxygen atoms in total. The highest BCUT2D eigenvalue weighted by atomic mass is 19.3. The van der Waals surface area contributed by atoms with E-state index in [9.17, 15) is 18.7 Å². The van der Waals surface area contributed by atoms with Crippen LogP contribution in [0.2, 0.25) is 0 Å².